The summed E-state index contributed by atoms with van der Waals surface area (Å²) in [5.41, 5.74) is -0.784. The predicted octanol–water partition coefficient (Wildman–Crippen LogP) is 2.20. The number of amides is 4. The maximum atomic E-state index is 12.0. The van der Waals surface area contributed by atoms with Gasteiger partial charge < -0.3 is 15.4 Å². The van der Waals surface area contributed by atoms with Gasteiger partial charge in [-0.1, -0.05) is 29.3 Å². The molecule has 0 aliphatic carbocycles. The first-order valence-corrected chi connectivity index (χ1v) is 8.41. The van der Waals surface area contributed by atoms with E-state index in [1.807, 2.05) is 0 Å². The Morgan fingerprint density at radius 3 is 2.38 bits per heavy atom. The monoisotopic (exact) mass is 401 g/mol. The average molecular weight is 402 g/mol. The van der Waals surface area contributed by atoms with Gasteiger partial charge in [-0.25, -0.2) is 4.79 Å². The van der Waals surface area contributed by atoms with Crippen LogP contribution in [0.3, 0.4) is 0 Å². The molecular weight excluding hydrogens is 385 g/mol. The highest BCUT2D eigenvalue weighted by atomic mass is 35.5. The van der Waals surface area contributed by atoms with E-state index in [0.29, 0.717) is 0 Å². The highest BCUT2D eigenvalue weighted by Gasteiger charge is 2.44. The van der Waals surface area contributed by atoms with Gasteiger partial charge in [0.05, 0.1) is 22.2 Å². The number of nitrogens with zero attached hydrogens (tertiary/aromatic N) is 1. The Hall–Kier alpha value is -2.32. The highest BCUT2D eigenvalue weighted by molar-refractivity contribution is 6.39. The van der Waals surface area contributed by atoms with Crippen molar-refractivity contribution in [2.75, 3.05) is 18.5 Å². The molecule has 8 nitrogen and oxygen atoms in total. The Kier molecular flexibility index (Phi) is 6.09. The van der Waals surface area contributed by atoms with Crippen molar-refractivity contribution in [2.24, 2.45) is 0 Å². The van der Waals surface area contributed by atoms with E-state index in [0.717, 1.165) is 4.90 Å². The molecule has 1 fully saturated rings. The molecule has 2 N–H and O–H groups in total. The lowest BCUT2D eigenvalue weighted by Crippen LogP contribution is -2.40. The highest BCUT2D eigenvalue weighted by Crippen LogP contribution is 2.29. The van der Waals surface area contributed by atoms with E-state index in [-0.39, 0.29) is 28.7 Å². The number of carbonyl (C=O) groups excluding carboxylic acids is 4. The van der Waals surface area contributed by atoms with Crippen LogP contribution in [0.4, 0.5) is 10.5 Å². The molecule has 1 aliphatic heterocycles. The molecular formula is C16H17Cl2N3O5. The fourth-order valence-corrected chi connectivity index (χ4v) is 2.73. The van der Waals surface area contributed by atoms with E-state index in [1.165, 1.54) is 0 Å². The summed E-state index contributed by atoms with van der Waals surface area (Å²) in [6, 6.07) is 4.15. The van der Waals surface area contributed by atoms with E-state index in [1.54, 1.807) is 32.0 Å². The first-order chi connectivity index (χ1) is 12.1. The van der Waals surface area contributed by atoms with Crippen LogP contribution in [0.2, 0.25) is 10.0 Å². The second-order valence-corrected chi connectivity index (χ2v) is 6.88. The van der Waals surface area contributed by atoms with E-state index >= 15 is 0 Å². The molecule has 26 heavy (non-hydrogen) atoms. The SMILES string of the molecule is CC1(C)NC(=O)N(CCC(=O)OCC(=O)Nc2c(Cl)cccc2Cl)C1=O. The number of urea groups is 1. The summed E-state index contributed by atoms with van der Waals surface area (Å²) in [5.74, 6) is -1.78. The molecule has 1 aromatic rings. The quantitative estimate of drug-likeness (QED) is 0.561. The molecule has 0 spiro atoms. The third kappa shape index (κ3) is 4.64. The topological polar surface area (TPSA) is 105 Å². The van der Waals surface area contributed by atoms with Crippen LogP contribution in [0.15, 0.2) is 18.2 Å². The van der Waals surface area contributed by atoms with Crippen molar-refractivity contribution in [1.82, 2.24) is 10.2 Å². The summed E-state index contributed by atoms with van der Waals surface area (Å²) >= 11 is 11.9. The largest absolute Gasteiger partial charge is 0.456 e. The van der Waals surface area contributed by atoms with Gasteiger partial charge >= 0.3 is 12.0 Å². The van der Waals surface area contributed by atoms with Crippen molar-refractivity contribution in [3.63, 3.8) is 0 Å². The van der Waals surface area contributed by atoms with Gasteiger partial charge in [0, 0.05) is 6.54 Å². The van der Waals surface area contributed by atoms with E-state index in [2.05, 4.69) is 10.6 Å². The number of rotatable bonds is 6. The van der Waals surface area contributed by atoms with Crippen LogP contribution in [-0.2, 0) is 19.1 Å². The molecule has 0 saturated carbocycles. The fraction of sp³-hybridized carbons (Fsp3) is 0.375. The number of nitrogens with one attached hydrogen (secondary N) is 2. The van der Waals surface area contributed by atoms with Crippen molar-refractivity contribution in [3.05, 3.63) is 28.2 Å². The Balaban J connectivity index is 1.79. The molecule has 140 valence electrons. The molecule has 10 heteroatoms. The number of hydrogen-bond donors (Lipinski definition) is 2. The molecule has 0 atom stereocenters. The Morgan fingerprint density at radius 1 is 1.23 bits per heavy atom. The van der Waals surface area contributed by atoms with Crippen molar-refractivity contribution in [3.8, 4) is 0 Å². The Bertz CT molecular complexity index is 746. The van der Waals surface area contributed by atoms with Gasteiger partial charge in [-0.15, -0.1) is 0 Å². The minimum Gasteiger partial charge on any atom is -0.456 e. The molecule has 0 radical (unpaired) electrons. The lowest BCUT2D eigenvalue weighted by molar-refractivity contribution is -0.147. The van der Waals surface area contributed by atoms with Crippen LogP contribution < -0.4 is 10.6 Å². The number of ether oxygens (including phenoxy) is 1. The third-order valence-corrected chi connectivity index (χ3v) is 4.21. The van der Waals surface area contributed by atoms with Crippen LogP contribution >= 0.6 is 23.2 Å². The third-order valence-electron chi connectivity index (χ3n) is 3.58. The Morgan fingerprint density at radius 2 is 1.85 bits per heavy atom. The standard InChI is InChI=1S/C16H17Cl2N3O5/c1-16(2)14(24)21(15(25)20-16)7-6-12(23)26-8-11(22)19-13-9(17)4-3-5-10(13)18/h3-5H,6-8H2,1-2H3,(H,19,22)(H,20,25). The second kappa shape index (κ2) is 7.92. The molecule has 0 aromatic heterocycles. The van der Waals surface area contributed by atoms with Gasteiger partial charge in [-0.3, -0.25) is 19.3 Å². The fourth-order valence-electron chi connectivity index (χ4n) is 2.24. The number of halogens is 2. The van der Waals surface area contributed by atoms with Gasteiger partial charge in [0.2, 0.25) is 0 Å². The van der Waals surface area contributed by atoms with Gasteiger partial charge in [0.1, 0.15) is 5.54 Å². The summed E-state index contributed by atoms with van der Waals surface area (Å²) < 4.78 is 4.83. The summed E-state index contributed by atoms with van der Waals surface area (Å²) in [6.07, 6.45) is -0.227. The number of benzene rings is 1. The van der Waals surface area contributed by atoms with E-state index in [9.17, 15) is 19.2 Å². The minimum absolute atomic E-state index is 0.134. The number of imide groups is 1. The van der Waals surface area contributed by atoms with Gasteiger partial charge in [-0.05, 0) is 26.0 Å². The molecule has 1 aromatic carbocycles. The number of anilines is 1. The molecule has 0 bridgehead atoms. The van der Waals surface area contributed by atoms with Crippen molar-refractivity contribution >= 4 is 52.7 Å². The lowest BCUT2D eigenvalue weighted by Gasteiger charge is -2.15. The number of carbonyl (C=O) groups is 4. The predicted molar refractivity (Wildman–Crippen MR) is 95.0 cm³/mol. The van der Waals surface area contributed by atoms with Crippen LogP contribution in [0, 0.1) is 0 Å². The van der Waals surface area contributed by atoms with E-state index < -0.39 is 36.0 Å². The zero-order chi connectivity index (χ0) is 19.5. The van der Waals surface area contributed by atoms with Gasteiger partial charge in [-0.2, -0.15) is 0 Å². The smallest absolute Gasteiger partial charge is 0.325 e. The van der Waals surface area contributed by atoms with Crippen LogP contribution in [0.25, 0.3) is 0 Å². The second-order valence-electron chi connectivity index (χ2n) is 6.07. The van der Waals surface area contributed by atoms with Crippen molar-refractivity contribution in [1.29, 1.82) is 0 Å². The average Bonchev–Trinajstić information content (AvgIpc) is 2.75. The van der Waals surface area contributed by atoms with Gasteiger partial charge in [0.15, 0.2) is 6.61 Å². The van der Waals surface area contributed by atoms with Crippen molar-refractivity contribution in [2.45, 2.75) is 25.8 Å². The normalized spacial score (nSPS) is 15.6. The van der Waals surface area contributed by atoms with Crippen LogP contribution in [0.1, 0.15) is 20.3 Å². The first kappa shape index (κ1) is 20.0. The maximum absolute atomic E-state index is 12.0. The molecule has 1 heterocycles. The Labute approximate surface area is 159 Å². The minimum atomic E-state index is -1.00. The number of esters is 1. The molecule has 4 amide bonds. The lowest BCUT2D eigenvalue weighted by atomic mass is 10.1. The molecule has 0 unspecified atom stereocenters. The van der Waals surface area contributed by atoms with E-state index in [4.69, 9.17) is 27.9 Å². The zero-order valence-corrected chi connectivity index (χ0v) is 15.6. The maximum Gasteiger partial charge on any atom is 0.325 e. The molecule has 1 saturated heterocycles. The summed E-state index contributed by atoms with van der Waals surface area (Å²) in [4.78, 5) is 48.2. The van der Waals surface area contributed by atoms with Gasteiger partial charge in [0.25, 0.3) is 11.8 Å². The molecule has 2 rings (SSSR count). The number of hydrogen-bond acceptors (Lipinski definition) is 5. The number of para-hydroxylation sites is 1. The molecule has 1 aliphatic rings. The summed E-state index contributed by atoms with van der Waals surface area (Å²) in [5, 5.41) is 5.45. The summed E-state index contributed by atoms with van der Waals surface area (Å²) in [7, 11) is 0. The van der Waals surface area contributed by atoms with Crippen LogP contribution in [-0.4, -0.2) is 47.4 Å². The van der Waals surface area contributed by atoms with Crippen LogP contribution in [0.5, 0.6) is 0 Å². The summed E-state index contributed by atoms with van der Waals surface area (Å²) in [6.45, 7) is 2.45. The first-order valence-electron chi connectivity index (χ1n) is 7.65. The zero-order valence-electron chi connectivity index (χ0n) is 14.1. The van der Waals surface area contributed by atoms with Crippen molar-refractivity contribution < 1.29 is 23.9 Å².